The minimum absolute atomic E-state index is 0.0915. The van der Waals surface area contributed by atoms with Crippen LogP contribution in [0.3, 0.4) is 0 Å². The van der Waals surface area contributed by atoms with Crippen molar-refractivity contribution >= 4 is 34.0 Å². The van der Waals surface area contributed by atoms with E-state index >= 15 is 0 Å². The highest BCUT2D eigenvalue weighted by atomic mass is 35.5. The maximum absolute atomic E-state index is 12.7. The maximum atomic E-state index is 12.7. The van der Waals surface area contributed by atoms with E-state index in [9.17, 15) is 4.79 Å². The number of nitrogens with zero attached hydrogens (tertiary/aromatic N) is 1. The average Bonchev–Trinajstić information content (AvgIpc) is 3.00. The number of hydrogen-bond donors (Lipinski definition) is 1. The minimum Gasteiger partial charge on any atom is -0.463 e. The SMILES string of the molecule is COCCCN1CC2C(CCC(=O)c3cc(Cl)c(N)c4ccoc34)C2C1. The van der Waals surface area contributed by atoms with E-state index < -0.39 is 0 Å². The van der Waals surface area contributed by atoms with E-state index in [0.717, 1.165) is 43.2 Å². The molecular formula is C20H25ClN2O3. The second kappa shape index (κ2) is 7.22. The number of furan rings is 1. The van der Waals surface area contributed by atoms with Gasteiger partial charge in [0.15, 0.2) is 5.78 Å². The summed E-state index contributed by atoms with van der Waals surface area (Å²) < 4.78 is 10.6. The highest BCUT2D eigenvalue weighted by molar-refractivity contribution is 6.35. The zero-order valence-electron chi connectivity index (χ0n) is 15.0. The topological polar surface area (TPSA) is 68.7 Å². The van der Waals surface area contributed by atoms with Crippen molar-refractivity contribution in [2.24, 2.45) is 17.8 Å². The molecule has 2 unspecified atom stereocenters. The van der Waals surface area contributed by atoms with Crippen LogP contribution in [0.25, 0.3) is 11.0 Å². The molecule has 1 saturated carbocycles. The Kier molecular flexibility index (Phi) is 4.95. The largest absolute Gasteiger partial charge is 0.463 e. The number of benzene rings is 1. The molecule has 2 atom stereocenters. The normalized spacial score (nSPS) is 24.9. The van der Waals surface area contributed by atoms with Crippen molar-refractivity contribution in [3.63, 3.8) is 0 Å². The van der Waals surface area contributed by atoms with Crippen LogP contribution in [0.4, 0.5) is 5.69 Å². The van der Waals surface area contributed by atoms with Crippen molar-refractivity contribution in [3.8, 4) is 0 Å². The van der Waals surface area contributed by atoms with Gasteiger partial charge in [-0.25, -0.2) is 0 Å². The molecule has 2 aromatic rings. The number of ether oxygens (including phenoxy) is 1. The molecule has 5 nitrogen and oxygen atoms in total. The number of piperidine rings is 1. The van der Waals surface area contributed by atoms with Gasteiger partial charge >= 0.3 is 0 Å². The van der Waals surface area contributed by atoms with Gasteiger partial charge in [0, 0.05) is 45.2 Å². The third-order valence-corrected chi connectivity index (χ3v) is 6.32. The van der Waals surface area contributed by atoms with Crippen molar-refractivity contribution in [2.45, 2.75) is 19.3 Å². The predicted molar refractivity (Wildman–Crippen MR) is 103 cm³/mol. The monoisotopic (exact) mass is 376 g/mol. The van der Waals surface area contributed by atoms with E-state index in [4.69, 9.17) is 26.5 Å². The molecule has 0 radical (unpaired) electrons. The summed E-state index contributed by atoms with van der Waals surface area (Å²) >= 11 is 6.18. The van der Waals surface area contributed by atoms with E-state index in [-0.39, 0.29) is 5.78 Å². The molecule has 1 aromatic heterocycles. The summed E-state index contributed by atoms with van der Waals surface area (Å²) in [5.74, 6) is 2.32. The van der Waals surface area contributed by atoms with E-state index in [2.05, 4.69) is 4.90 Å². The molecule has 1 aliphatic carbocycles. The fourth-order valence-corrected chi connectivity index (χ4v) is 4.76. The number of carbonyl (C=O) groups excluding carboxylic acids is 1. The molecule has 6 heteroatoms. The molecule has 140 valence electrons. The van der Waals surface area contributed by atoms with Gasteiger partial charge in [-0.05, 0) is 42.7 Å². The summed E-state index contributed by atoms with van der Waals surface area (Å²) in [4.78, 5) is 15.3. The lowest BCUT2D eigenvalue weighted by Crippen LogP contribution is -2.26. The number of halogens is 1. The van der Waals surface area contributed by atoms with Gasteiger partial charge in [-0.2, -0.15) is 0 Å². The number of ketones is 1. The molecule has 1 aromatic carbocycles. The number of carbonyl (C=O) groups is 1. The number of nitrogen functional groups attached to an aromatic ring is 1. The van der Waals surface area contributed by atoms with Crippen molar-refractivity contribution in [3.05, 3.63) is 29.0 Å². The van der Waals surface area contributed by atoms with Gasteiger partial charge in [0.25, 0.3) is 0 Å². The smallest absolute Gasteiger partial charge is 0.166 e. The van der Waals surface area contributed by atoms with Gasteiger partial charge in [0.2, 0.25) is 0 Å². The lowest BCUT2D eigenvalue weighted by atomic mass is 10.0. The zero-order chi connectivity index (χ0) is 18.3. The summed E-state index contributed by atoms with van der Waals surface area (Å²) in [7, 11) is 1.75. The number of anilines is 1. The summed E-state index contributed by atoms with van der Waals surface area (Å²) in [6.45, 7) is 4.29. The average molecular weight is 377 g/mol. The summed E-state index contributed by atoms with van der Waals surface area (Å²) in [6, 6.07) is 3.41. The van der Waals surface area contributed by atoms with E-state index in [1.54, 1.807) is 25.5 Å². The van der Waals surface area contributed by atoms with Gasteiger partial charge in [-0.15, -0.1) is 0 Å². The number of hydrogen-bond acceptors (Lipinski definition) is 5. The predicted octanol–water partition coefficient (Wildman–Crippen LogP) is 3.85. The minimum atomic E-state index is 0.0915. The lowest BCUT2D eigenvalue weighted by Gasteiger charge is -2.19. The molecule has 26 heavy (non-hydrogen) atoms. The van der Waals surface area contributed by atoms with Gasteiger partial charge in [0.05, 0.1) is 22.5 Å². The van der Waals surface area contributed by atoms with Crippen LogP contribution in [0.15, 0.2) is 22.8 Å². The molecule has 4 rings (SSSR count). The number of fused-ring (bicyclic) bond motifs is 2. The Morgan fingerprint density at radius 3 is 2.92 bits per heavy atom. The molecule has 1 aliphatic heterocycles. The quantitative estimate of drug-likeness (QED) is 0.430. The Bertz CT molecular complexity index is 807. The van der Waals surface area contributed by atoms with Crippen LogP contribution in [0.1, 0.15) is 29.6 Å². The summed E-state index contributed by atoms with van der Waals surface area (Å²) in [6.07, 6.45) is 4.13. The first-order chi connectivity index (χ1) is 12.6. The Morgan fingerprint density at radius 1 is 1.42 bits per heavy atom. The number of Topliss-reactive ketones (excluding diaryl/α,β-unsaturated/α-hetero) is 1. The summed E-state index contributed by atoms with van der Waals surface area (Å²) in [5.41, 5.74) is 7.54. The zero-order valence-corrected chi connectivity index (χ0v) is 15.8. The van der Waals surface area contributed by atoms with Crippen LogP contribution in [0, 0.1) is 17.8 Å². The Labute approximate surface area is 158 Å². The molecular weight excluding hydrogens is 352 g/mol. The first kappa shape index (κ1) is 17.8. The number of nitrogens with two attached hydrogens (primary N) is 1. The third kappa shape index (κ3) is 3.24. The van der Waals surface area contributed by atoms with Crippen LogP contribution >= 0.6 is 11.6 Å². The number of rotatable bonds is 8. The molecule has 0 bridgehead atoms. The highest BCUT2D eigenvalue weighted by Crippen LogP contribution is 2.54. The number of likely N-dealkylation sites (tertiary alicyclic amines) is 1. The van der Waals surface area contributed by atoms with E-state index in [0.29, 0.717) is 34.2 Å². The van der Waals surface area contributed by atoms with Gasteiger partial charge < -0.3 is 19.8 Å². The highest BCUT2D eigenvalue weighted by Gasteiger charge is 2.54. The maximum Gasteiger partial charge on any atom is 0.166 e. The van der Waals surface area contributed by atoms with Crippen LogP contribution in [-0.4, -0.2) is 44.0 Å². The second-order valence-corrected chi connectivity index (χ2v) is 7.95. The summed E-state index contributed by atoms with van der Waals surface area (Å²) in [5, 5.41) is 1.13. The molecule has 2 fully saturated rings. The fourth-order valence-electron chi connectivity index (χ4n) is 4.55. The standard InChI is InChI=1S/C20H25ClN2O3/c1-25-7-2-6-23-10-15-12(16(15)11-23)3-4-18(24)14-9-17(21)19(22)13-5-8-26-20(13)14/h5,8-9,12,15-16H,2-4,6-7,10-11,22H2,1H3. The first-order valence-electron chi connectivity index (χ1n) is 9.29. The Balaban J connectivity index is 1.32. The molecule has 2 heterocycles. The third-order valence-electron chi connectivity index (χ3n) is 6.00. The van der Waals surface area contributed by atoms with Gasteiger partial charge in [-0.1, -0.05) is 11.6 Å². The molecule has 2 N–H and O–H groups in total. The fraction of sp³-hybridized carbons (Fsp3) is 0.550. The van der Waals surface area contributed by atoms with Crippen LogP contribution in [-0.2, 0) is 4.74 Å². The van der Waals surface area contributed by atoms with E-state index in [1.807, 2.05) is 0 Å². The van der Waals surface area contributed by atoms with Gasteiger partial charge in [-0.3, -0.25) is 4.79 Å². The molecule has 2 aliphatic rings. The van der Waals surface area contributed by atoms with Crippen molar-refractivity contribution < 1.29 is 13.9 Å². The van der Waals surface area contributed by atoms with Crippen molar-refractivity contribution in [1.29, 1.82) is 0 Å². The lowest BCUT2D eigenvalue weighted by molar-refractivity contribution is 0.0976. The van der Waals surface area contributed by atoms with Crippen LogP contribution < -0.4 is 5.73 Å². The Hall–Kier alpha value is -1.56. The van der Waals surface area contributed by atoms with Crippen LogP contribution in [0.2, 0.25) is 5.02 Å². The van der Waals surface area contributed by atoms with Crippen LogP contribution in [0.5, 0.6) is 0 Å². The van der Waals surface area contributed by atoms with Crippen molar-refractivity contribution in [2.75, 3.05) is 39.1 Å². The molecule has 0 spiro atoms. The number of methoxy groups -OCH3 is 1. The van der Waals surface area contributed by atoms with Gasteiger partial charge in [0.1, 0.15) is 5.58 Å². The van der Waals surface area contributed by atoms with E-state index in [1.165, 1.54) is 13.1 Å². The Morgan fingerprint density at radius 2 is 2.19 bits per heavy atom. The second-order valence-electron chi connectivity index (χ2n) is 7.54. The first-order valence-corrected chi connectivity index (χ1v) is 9.67. The van der Waals surface area contributed by atoms with Crippen molar-refractivity contribution in [1.82, 2.24) is 4.90 Å². The molecule has 0 amide bonds. The molecule has 1 saturated heterocycles.